The molecule has 0 saturated carbocycles. The standard InChI is InChI=1S/C15H20Cl2N2/c1-2-18-12-8-13-3-4-14(9-12)19(13)15-6-10(16)5-11(17)7-15/h5-7,12-14,18H,2-4,8-9H2,1H3. The summed E-state index contributed by atoms with van der Waals surface area (Å²) in [6, 6.07) is 7.85. The number of rotatable bonds is 3. The van der Waals surface area contributed by atoms with Gasteiger partial charge in [0.15, 0.2) is 0 Å². The minimum atomic E-state index is 0.636. The number of nitrogens with one attached hydrogen (secondary N) is 1. The molecule has 2 fully saturated rings. The van der Waals surface area contributed by atoms with Crippen molar-refractivity contribution in [3.63, 3.8) is 0 Å². The van der Waals surface area contributed by atoms with Crippen LogP contribution in [0.15, 0.2) is 18.2 Å². The number of piperidine rings is 1. The predicted molar refractivity (Wildman–Crippen MR) is 82.4 cm³/mol. The van der Waals surface area contributed by atoms with Crippen LogP contribution in [-0.4, -0.2) is 24.7 Å². The number of fused-ring (bicyclic) bond motifs is 2. The average molecular weight is 299 g/mol. The van der Waals surface area contributed by atoms with Crippen LogP contribution in [0.25, 0.3) is 0 Å². The fraction of sp³-hybridized carbons (Fsp3) is 0.600. The quantitative estimate of drug-likeness (QED) is 0.904. The summed E-state index contributed by atoms with van der Waals surface area (Å²) >= 11 is 12.3. The Balaban J connectivity index is 1.83. The molecule has 1 aromatic carbocycles. The van der Waals surface area contributed by atoms with E-state index in [1.165, 1.54) is 31.4 Å². The maximum atomic E-state index is 6.14. The first-order chi connectivity index (χ1) is 9.17. The summed E-state index contributed by atoms with van der Waals surface area (Å²) in [6.07, 6.45) is 5.04. The minimum Gasteiger partial charge on any atom is -0.365 e. The molecule has 19 heavy (non-hydrogen) atoms. The van der Waals surface area contributed by atoms with E-state index in [0.29, 0.717) is 18.1 Å². The van der Waals surface area contributed by atoms with E-state index in [9.17, 15) is 0 Å². The molecular formula is C15H20Cl2N2. The Hall–Kier alpha value is -0.440. The van der Waals surface area contributed by atoms with Crippen molar-refractivity contribution in [2.24, 2.45) is 0 Å². The monoisotopic (exact) mass is 298 g/mol. The lowest BCUT2D eigenvalue weighted by Gasteiger charge is -2.41. The van der Waals surface area contributed by atoms with Crippen LogP contribution < -0.4 is 10.2 Å². The van der Waals surface area contributed by atoms with E-state index in [4.69, 9.17) is 23.2 Å². The van der Waals surface area contributed by atoms with Gasteiger partial charge in [0, 0.05) is 33.9 Å². The SMILES string of the molecule is CCNC1CC2CCC(C1)N2c1cc(Cl)cc(Cl)c1. The summed E-state index contributed by atoms with van der Waals surface area (Å²) in [4.78, 5) is 2.55. The first-order valence-electron chi connectivity index (χ1n) is 7.15. The number of hydrogen-bond acceptors (Lipinski definition) is 2. The second kappa shape index (κ2) is 5.51. The maximum Gasteiger partial charge on any atom is 0.0441 e. The van der Waals surface area contributed by atoms with Gasteiger partial charge in [0.05, 0.1) is 0 Å². The third-order valence-corrected chi connectivity index (χ3v) is 4.81. The zero-order chi connectivity index (χ0) is 13.4. The zero-order valence-electron chi connectivity index (χ0n) is 11.2. The van der Waals surface area contributed by atoms with Crippen LogP contribution >= 0.6 is 23.2 Å². The van der Waals surface area contributed by atoms with Crippen molar-refractivity contribution in [1.82, 2.24) is 5.32 Å². The lowest BCUT2D eigenvalue weighted by molar-refractivity contribution is 0.361. The summed E-state index contributed by atoms with van der Waals surface area (Å²) in [7, 11) is 0. The Kier molecular flexibility index (Phi) is 3.93. The van der Waals surface area contributed by atoms with Crippen molar-refractivity contribution in [3.8, 4) is 0 Å². The van der Waals surface area contributed by atoms with Crippen LogP contribution in [0.3, 0.4) is 0 Å². The number of anilines is 1. The van der Waals surface area contributed by atoms with Crippen molar-refractivity contribution in [1.29, 1.82) is 0 Å². The van der Waals surface area contributed by atoms with E-state index < -0.39 is 0 Å². The van der Waals surface area contributed by atoms with Crippen molar-refractivity contribution >= 4 is 28.9 Å². The van der Waals surface area contributed by atoms with Gasteiger partial charge in [-0.15, -0.1) is 0 Å². The van der Waals surface area contributed by atoms with Gasteiger partial charge >= 0.3 is 0 Å². The van der Waals surface area contributed by atoms with E-state index in [1.807, 2.05) is 12.1 Å². The highest BCUT2D eigenvalue weighted by Gasteiger charge is 2.40. The van der Waals surface area contributed by atoms with Crippen LogP contribution in [-0.2, 0) is 0 Å². The smallest absolute Gasteiger partial charge is 0.0441 e. The summed E-state index contributed by atoms with van der Waals surface area (Å²) in [5.74, 6) is 0. The Labute approximate surface area is 125 Å². The van der Waals surface area contributed by atoms with Gasteiger partial charge in [0.2, 0.25) is 0 Å². The number of nitrogens with zero attached hydrogens (tertiary/aromatic N) is 1. The van der Waals surface area contributed by atoms with Crippen molar-refractivity contribution in [3.05, 3.63) is 28.2 Å². The van der Waals surface area contributed by atoms with E-state index in [-0.39, 0.29) is 0 Å². The zero-order valence-corrected chi connectivity index (χ0v) is 12.7. The molecule has 1 aromatic rings. The third-order valence-electron chi connectivity index (χ3n) is 4.37. The first kappa shape index (κ1) is 13.5. The molecule has 2 heterocycles. The summed E-state index contributed by atoms with van der Waals surface area (Å²) in [5, 5.41) is 5.07. The highest BCUT2D eigenvalue weighted by atomic mass is 35.5. The van der Waals surface area contributed by atoms with Gasteiger partial charge in [0.1, 0.15) is 0 Å². The summed E-state index contributed by atoms with van der Waals surface area (Å²) < 4.78 is 0. The van der Waals surface area contributed by atoms with E-state index in [2.05, 4.69) is 17.1 Å². The largest absolute Gasteiger partial charge is 0.365 e. The Morgan fingerprint density at radius 3 is 2.21 bits per heavy atom. The summed E-state index contributed by atoms with van der Waals surface area (Å²) in [5.41, 5.74) is 1.19. The normalized spacial score (nSPS) is 29.8. The molecule has 2 aliphatic rings. The van der Waals surface area contributed by atoms with Gasteiger partial charge in [0.25, 0.3) is 0 Å². The Bertz CT molecular complexity index is 429. The molecule has 0 radical (unpaired) electrons. The van der Waals surface area contributed by atoms with Gasteiger partial charge in [-0.05, 0) is 50.4 Å². The van der Waals surface area contributed by atoms with Crippen LogP contribution in [0.4, 0.5) is 5.69 Å². The van der Waals surface area contributed by atoms with Crippen LogP contribution in [0, 0.1) is 0 Å². The topological polar surface area (TPSA) is 15.3 Å². The van der Waals surface area contributed by atoms with Gasteiger partial charge in [-0.3, -0.25) is 0 Å². The lowest BCUT2D eigenvalue weighted by Crippen LogP contribution is -2.49. The predicted octanol–water partition coefficient (Wildman–Crippen LogP) is 4.10. The molecule has 2 aliphatic heterocycles. The van der Waals surface area contributed by atoms with E-state index in [0.717, 1.165) is 16.6 Å². The number of halogens is 2. The molecule has 3 rings (SSSR count). The maximum absolute atomic E-state index is 6.14. The molecule has 2 nitrogen and oxygen atoms in total. The molecule has 2 atom stereocenters. The first-order valence-corrected chi connectivity index (χ1v) is 7.90. The number of benzene rings is 1. The Morgan fingerprint density at radius 2 is 1.68 bits per heavy atom. The molecule has 4 heteroatoms. The third kappa shape index (κ3) is 2.72. The van der Waals surface area contributed by atoms with E-state index >= 15 is 0 Å². The van der Waals surface area contributed by atoms with Crippen molar-refractivity contribution in [2.75, 3.05) is 11.4 Å². The van der Waals surface area contributed by atoms with Crippen molar-refractivity contribution in [2.45, 2.75) is 50.7 Å². The van der Waals surface area contributed by atoms with Crippen LogP contribution in [0.5, 0.6) is 0 Å². The molecule has 2 saturated heterocycles. The number of hydrogen-bond donors (Lipinski definition) is 1. The van der Waals surface area contributed by atoms with Crippen molar-refractivity contribution < 1.29 is 0 Å². The minimum absolute atomic E-state index is 0.636. The lowest BCUT2D eigenvalue weighted by atomic mass is 9.96. The van der Waals surface area contributed by atoms with Crippen LogP contribution in [0.2, 0.25) is 10.0 Å². The molecule has 0 aliphatic carbocycles. The second-order valence-corrected chi connectivity index (χ2v) is 6.52. The van der Waals surface area contributed by atoms with Crippen LogP contribution in [0.1, 0.15) is 32.6 Å². The molecule has 2 bridgehead atoms. The molecule has 2 unspecified atom stereocenters. The molecule has 104 valence electrons. The Morgan fingerprint density at radius 1 is 1.11 bits per heavy atom. The van der Waals surface area contributed by atoms with E-state index in [1.54, 1.807) is 6.07 Å². The van der Waals surface area contributed by atoms with Gasteiger partial charge in [-0.25, -0.2) is 0 Å². The molecular weight excluding hydrogens is 279 g/mol. The van der Waals surface area contributed by atoms with Gasteiger partial charge in [-0.1, -0.05) is 30.1 Å². The highest BCUT2D eigenvalue weighted by molar-refractivity contribution is 6.35. The molecule has 1 N–H and O–H groups in total. The van der Waals surface area contributed by atoms with Gasteiger partial charge in [-0.2, -0.15) is 0 Å². The second-order valence-electron chi connectivity index (χ2n) is 5.65. The highest BCUT2D eigenvalue weighted by Crippen LogP contribution is 2.40. The fourth-order valence-corrected chi connectivity index (χ4v) is 4.26. The molecule has 0 spiro atoms. The summed E-state index contributed by atoms with van der Waals surface area (Å²) in [6.45, 7) is 3.25. The fourth-order valence-electron chi connectivity index (χ4n) is 3.74. The average Bonchev–Trinajstić information content (AvgIpc) is 2.60. The van der Waals surface area contributed by atoms with Gasteiger partial charge < -0.3 is 10.2 Å². The molecule has 0 amide bonds. The molecule has 0 aromatic heterocycles.